The standard InChI is InChI=1S/C7H14O2S/c1-4-6(3)7(5-2)10(8)9/h4-5H2,1-3H3,(H,8,9)/b7-6+. The third kappa shape index (κ3) is 2.62. The van der Waals surface area contributed by atoms with Crippen molar-refractivity contribution in [1.82, 2.24) is 0 Å². The Morgan fingerprint density at radius 3 is 2.00 bits per heavy atom. The topological polar surface area (TPSA) is 37.3 Å². The van der Waals surface area contributed by atoms with Crippen molar-refractivity contribution in [2.75, 3.05) is 0 Å². The largest absolute Gasteiger partial charge is 0.302 e. The summed E-state index contributed by atoms with van der Waals surface area (Å²) in [6.07, 6.45) is 1.53. The first-order valence-corrected chi connectivity index (χ1v) is 4.53. The molecule has 0 fully saturated rings. The van der Waals surface area contributed by atoms with Gasteiger partial charge in [-0.15, -0.1) is 0 Å². The first-order chi connectivity index (χ1) is 4.63. The summed E-state index contributed by atoms with van der Waals surface area (Å²) in [5, 5.41) is 0. The van der Waals surface area contributed by atoms with Crippen LogP contribution in [0.2, 0.25) is 0 Å². The molecule has 0 heterocycles. The molecule has 1 atom stereocenters. The molecule has 0 radical (unpaired) electrons. The summed E-state index contributed by atoms with van der Waals surface area (Å²) >= 11 is -1.75. The lowest BCUT2D eigenvalue weighted by atomic mass is 10.2. The first-order valence-electron chi connectivity index (χ1n) is 3.42. The zero-order chi connectivity index (χ0) is 8.15. The molecule has 0 amide bonds. The maximum atomic E-state index is 10.6. The van der Waals surface area contributed by atoms with Crippen LogP contribution >= 0.6 is 0 Å². The van der Waals surface area contributed by atoms with Gasteiger partial charge in [-0.1, -0.05) is 19.4 Å². The predicted octanol–water partition coefficient (Wildman–Crippen LogP) is 2.30. The van der Waals surface area contributed by atoms with E-state index in [-0.39, 0.29) is 0 Å². The molecular weight excluding hydrogens is 148 g/mol. The fourth-order valence-corrected chi connectivity index (χ4v) is 1.46. The maximum absolute atomic E-state index is 10.6. The third-order valence-corrected chi connectivity index (χ3v) is 2.60. The molecule has 0 saturated heterocycles. The van der Waals surface area contributed by atoms with Gasteiger partial charge >= 0.3 is 0 Å². The van der Waals surface area contributed by atoms with Crippen LogP contribution in [0, 0.1) is 0 Å². The lowest BCUT2D eigenvalue weighted by Crippen LogP contribution is -1.94. The highest BCUT2D eigenvalue weighted by Gasteiger charge is 2.03. The molecule has 0 aromatic rings. The fraction of sp³-hybridized carbons (Fsp3) is 0.714. The number of hydrogen-bond donors (Lipinski definition) is 1. The van der Waals surface area contributed by atoms with Gasteiger partial charge in [0.2, 0.25) is 0 Å². The summed E-state index contributed by atoms with van der Waals surface area (Å²) in [6, 6.07) is 0. The Morgan fingerprint density at radius 1 is 1.40 bits per heavy atom. The Hall–Kier alpha value is -0.150. The molecule has 10 heavy (non-hydrogen) atoms. The highest BCUT2D eigenvalue weighted by molar-refractivity contribution is 7.83. The second-order valence-electron chi connectivity index (χ2n) is 2.16. The van der Waals surface area contributed by atoms with E-state index in [9.17, 15) is 4.21 Å². The molecule has 0 aliphatic carbocycles. The minimum atomic E-state index is -1.75. The third-order valence-electron chi connectivity index (χ3n) is 1.54. The monoisotopic (exact) mass is 162 g/mol. The van der Waals surface area contributed by atoms with E-state index in [4.69, 9.17) is 4.55 Å². The van der Waals surface area contributed by atoms with Gasteiger partial charge in [0.15, 0.2) is 11.1 Å². The molecule has 1 unspecified atom stereocenters. The molecule has 1 N–H and O–H groups in total. The smallest absolute Gasteiger partial charge is 0.182 e. The summed E-state index contributed by atoms with van der Waals surface area (Å²) < 4.78 is 19.3. The number of allylic oxidation sites excluding steroid dienone is 2. The molecule has 0 saturated carbocycles. The highest BCUT2D eigenvalue weighted by atomic mass is 32.2. The Balaban J connectivity index is 4.45. The normalized spacial score (nSPS) is 16.4. The van der Waals surface area contributed by atoms with Crippen molar-refractivity contribution in [3.05, 3.63) is 10.5 Å². The second-order valence-corrected chi connectivity index (χ2v) is 3.15. The Bertz CT molecular complexity index is 161. The van der Waals surface area contributed by atoms with Crippen molar-refractivity contribution in [3.63, 3.8) is 0 Å². The molecule has 0 bridgehead atoms. The SMILES string of the molecule is CC/C(C)=C(\CC)S(=O)O. The van der Waals surface area contributed by atoms with Gasteiger partial charge in [0.05, 0.1) is 0 Å². The molecule has 0 aromatic heterocycles. The molecule has 0 aliphatic rings. The number of hydrogen-bond acceptors (Lipinski definition) is 1. The second kappa shape index (κ2) is 4.63. The Labute approximate surface area is 64.6 Å². The van der Waals surface area contributed by atoms with Crippen LogP contribution in [0.4, 0.5) is 0 Å². The van der Waals surface area contributed by atoms with Crippen LogP contribution in [-0.4, -0.2) is 8.76 Å². The van der Waals surface area contributed by atoms with E-state index in [1.807, 2.05) is 20.8 Å². The lowest BCUT2D eigenvalue weighted by molar-refractivity contribution is 0.569. The van der Waals surface area contributed by atoms with E-state index < -0.39 is 11.1 Å². The van der Waals surface area contributed by atoms with Gasteiger partial charge in [-0.2, -0.15) is 0 Å². The van der Waals surface area contributed by atoms with E-state index in [2.05, 4.69) is 0 Å². The van der Waals surface area contributed by atoms with Gasteiger partial charge < -0.3 is 4.55 Å². The molecule has 3 heteroatoms. The Kier molecular flexibility index (Phi) is 4.56. The van der Waals surface area contributed by atoms with E-state index in [1.54, 1.807) is 0 Å². The van der Waals surface area contributed by atoms with Crippen LogP contribution in [0.25, 0.3) is 0 Å². The van der Waals surface area contributed by atoms with Crippen molar-refractivity contribution in [2.24, 2.45) is 0 Å². The summed E-state index contributed by atoms with van der Waals surface area (Å²) in [6.45, 7) is 5.77. The van der Waals surface area contributed by atoms with Crippen LogP contribution in [0.1, 0.15) is 33.6 Å². The van der Waals surface area contributed by atoms with E-state index in [0.717, 1.165) is 12.0 Å². The summed E-state index contributed by atoms with van der Waals surface area (Å²) in [4.78, 5) is 0.669. The van der Waals surface area contributed by atoms with Crippen molar-refractivity contribution >= 4 is 11.1 Å². The summed E-state index contributed by atoms with van der Waals surface area (Å²) in [5.41, 5.74) is 1.03. The molecule has 0 spiro atoms. The zero-order valence-electron chi connectivity index (χ0n) is 6.68. The molecular formula is C7H14O2S. The fourth-order valence-electron chi connectivity index (χ4n) is 0.771. The molecule has 0 aliphatic heterocycles. The van der Waals surface area contributed by atoms with Crippen LogP contribution in [0.5, 0.6) is 0 Å². The van der Waals surface area contributed by atoms with Crippen molar-refractivity contribution in [2.45, 2.75) is 33.6 Å². The summed E-state index contributed by atoms with van der Waals surface area (Å²) in [7, 11) is 0. The molecule has 60 valence electrons. The predicted molar refractivity (Wildman–Crippen MR) is 44.1 cm³/mol. The minimum absolute atomic E-state index is 0.669. The first kappa shape index (κ1) is 9.85. The zero-order valence-corrected chi connectivity index (χ0v) is 7.49. The van der Waals surface area contributed by atoms with Crippen molar-refractivity contribution in [3.8, 4) is 0 Å². The van der Waals surface area contributed by atoms with Crippen LogP contribution in [0.15, 0.2) is 10.5 Å². The van der Waals surface area contributed by atoms with Crippen LogP contribution in [-0.2, 0) is 11.1 Å². The molecule has 0 rings (SSSR count). The summed E-state index contributed by atoms with van der Waals surface area (Å²) in [5.74, 6) is 0. The average Bonchev–Trinajstić information content (AvgIpc) is 1.88. The minimum Gasteiger partial charge on any atom is -0.302 e. The van der Waals surface area contributed by atoms with Crippen molar-refractivity contribution < 1.29 is 8.76 Å². The molecule has 0 aromatic carbocycles. The van der Waals surface area contributed by atoms with E-state index in [1.165, 1.54) is 0 Å². The van der Waals surface area contributed by atoms with Gasteiger partial charge in [-0.05, 0) is 19.8 Å². The van der Waals surface area contributed by atoms with Crippen LogP contribution < -0.4 is 0 Å². The van der Waals surface area contributed by atoms with Gasteiger partial charge in [-0.25, -0.2) is 4.21 Å². The van der Waals surface area contributed by atoms with Gasteiger partial charge in [0.1, 0.15) is 0 Å². The van der Waals surface area contributed by atoms with Crippen molar-refractivity contribution in [1.29, 1.82) is 0 Å². The maximum Gasteiger partial charge on any atom is 0.182 e. The number of rotatable bonds is 3. The molecule has 2 nitrogen and oxygen atoms in total. The Morgan fingerprint density at radius 2 is 1.90 bits per heavy atom. The van der Waals surface area contributed by atoms with Crippen LogP contribution in [0.3, 0.4) is 0 Å². The quantitative estimate of drug-likeness (QED) is 0.646. The van der Waals surface area contributed by atoms with Gasteiger partial charge in [-0.3, -0.25) is 0 Å². The van der Waals surface area contributed by atoms with Gasteiger partial charge in [0.25, 0.3) is 0 Å². The van der Waals surface area contributed by atoms with Gasteiger partial charge in [0, 0.05) is 4.91 Å². The lowest BCUT2D eigenvalue weighted by Gasteiger charge is -2.02. The highest BCUT2D eigenvalue weighted by Crippen LogP contribution is 2.13. The van der Waals surface area contributed by atoms with E-state index >= 15 is 0 Å². The average molecular weight is 162 g/mol. The van der Waals surface area contributed by atoms with E-state index in [0.29, 0.717) is 11.3 Å².